The van der Waals surface area contributed by atoms with Gasteiger partial charge in [-0.05, 0) is 62.3 Å². The highest BCUT2D eigenvalue weighted by atomic mass is 79.9. The zero-order valence-electron chi connectivity index (χ0n) is 14.1. The van der Waals surface area contributed by atoms with Gasteiger partial charge in [-0.15, -0.1) is 0 Å². The highest BCUT2D eigenvalue weighted by molar-refractivity contribution is 9.10. The van der Waals surface area contributed by atoms with Crippen LogP contribution in [-0.2, 0) is 0 Å². The van der Waals surface area contributed by atoms with Gasteiger partial charge in [0.2, 0.25) is 0 Å². The number of hydrogen-bond donors (Lipinski definition) is 1. The average Bonchev–Trinajstić information content (AvgIpc) is 2.76. The van der Waals surface area contributed by atoms with E-state index in [9.17, 15) is 0 Å². The van der Waals surface area contributed by atoms with Gasteiger partial charge in [0.15, 0.2) is 0 Å². The molecule has 0 radical (unpaired) electrons. The van der Waals surface area contributed by atoms with Crippen molar-refractivity contribution in [3.8, 4) is 5.75 Å². The van der Waals surface area contributed by atoms with Gasteiger partial charge in [-0.3, -0.25) is 0 Å². The first-order chi connectivity index (χ1) is 9.83. The summed E-state index contributed by atoms with van der Waals surface area (Å²) in [6, 6.07) is 2.50. The summed E-state index contributed by atoms with van der Waals surface area (Å²) < 4.78 is 6.93. The molecule has 0 heterocycles. The SMILES string of the molecule is CNC(c1c(C)c(Br)cc(C)c1OC)C1CCCC1(C)C. The van der Waals surface area contributed by atoms with Gasteiger partial charge in [0.25, 0.3) is 0 Å². The van der Waals surface area contributed by atoms with E-state index in [1.165, 1.54) is 40.4 Å². The van der Waals surface area contributed by atoms with Gasteiger partial charge in [-0.2, -0.15) is 0 Å². The maximum Gasteiger partial charge on any atom is 0.126 e. The van der Waals surface area contributed by atoms with Crippen molar-refractivity contribution >= 4 is 15.9 Å². The van der Waals surface area contributed by atoms with Crippen LogP contribution >= 0.6 is 15.9 Å². The van der Waals surface area contributed by atoms with Crippen molar-refractivity contribution < 1.29 is 4.74 Å². The monoisotopic (exact) mass is 353 g/mol. The molecular formula is C18H28BrNO. The Kier molecular flexibility index (Phi) is 5.04. The first-order valence-corrected chi connectivity index (χ1v) is 8.63. The molecule has 1 aromatic rings. The van der Waals surface area contributed by atoms with Crippen LogP contribution in [0.15, 0.2) is 10.5 Å². The van der Waals surface area contributed by atoms with E-state index in [1.807, 2.05) is 0 Å². The summed E-state index contributed by atoms with van der Waals surface area (Å²) in [7, 11) is 3.86. The summed E-state index contributed by atoms with van der Waals surface area (Å²) in [4.78, 5) is 0. The Balaban J connectivity index is 2.57. The third-order valence-corrected chi connectivity index (χ3v) is 6.10. The van der Waals surface area contributed by atoms with Crippen LogP contribution in [0.25, 0.3) is 0 Å². The third kappa shape index (κ3) is 3.00. The molecule has 0 aliphatic heterocycles. The molecule has 1 N–H and O–H groups in total. The van der Waals surface area contributed by atoms with E-state index in [0.717, 1.165) is 5.75 Å². The number of methoxy groups -OCH3 is 1. The predicted molar refractivity (Wildman–Crippen MR) is 93.1 cm³/mol. The second kappa shape index (κ2) is 6.29. The number of halogens is 1. The summed E-state index contributed by atoms with van der Waals surface area (Å²) >= 11 is 3.71. The number of aryl methyl sites for hydroxylation is 1. The lowest BCUT2D eigenvalue weighted by atomic mass is 9.74. The molecule has 1 aliphatic rings. The van der Waals surface area contributed by atoms with Crippen LogP contribution in [-0.4, -0.2) is 14.2 Å². The lowest BCUT2D eigenvalue weighted by Crippen LogP contribution is -2.33. The van der Waals surface area contributed by atoms with E-state index < -0.39 is 0 Å². The zero-order chi connectivity index (χ0) is 15.8. The topological polar surface area (TPSA) is 21.3 Å². The van der Waals surface area contributed by atoms with Crippen molar-refractivity contribution in [2.75, 3.05) is 14.2 Å². The quantitative estimate of drug-likeness (QED) is 0.806. The summed E-state index contributed by atoms with van der Waals surface area (Å²) in [5.41, 5.74) is 4.19. The molecule has 1 aromatic carbocycles. The zero-order valence-corrected chi connectivity index (χ0v) is 15.7. The third-order valence-electron chi connectivity index (χ3n) is 5.28. The molecule has 3 heteroatoms. The normalized spacial score (nSPS) is 22.3. The Hall–Kier alpha value is -0.540. The second-order valence-electron chi connectivity index (χ2n) is 7.00. The molecule has 0 amide bonds. The van der Waals surface area contributed by atoms with E-state index >= 15 is 0 Å². The summed E-state index contributed by atoms with van der Waals surface area (Å²) in [5.74, 6) is 1.68. The van der Waals surface area contributed by atoms with Crippen LogP contribution in [0, 0.1) is 25.2 Å². The van der Waals surface area contributed by atoms with Crippen molar-refractivity contribution in [2.24, 2.45) is 11.3 Å². The van der Waals surface area contributed by atoms with Crippen molar-refractivity contribution in [3.63, 3.8) is 0 Å². The van der Waals surface area contributed by atoms with E-state index in [-0.39, 0.29) is 0 Å². The molecule has 0 saturated heterocycles. The molecule has 118 valence electrons. The van der Waals surface area contributed by atoms with Crippen LogP contribution in [0.5, 0.6) is 5.75 Å². The number of nitrogens with one attached hydrogen (secondary N) is 1. The molecule has 21 heavy (non-hydrogen) atoms. The van der Waals surface area contributed by atoms with Crippen LogP contribution in [0.1, 0.15) is 55.8 Å². The number of rotatable bonds is 4. The fraction of sp³-hybridized carbons (Fsp3) is 0.667. The van der Waals surface area contributed by atoms with Gasteiger partial charge < -0.3 is 10.1 Å². The molecule has 2 nitrogen and oxygen atoms in total. The summed E-state index contributed by atoms with van der Waals surface area (Å²) in [6.45, 7) is 9.12. The number of hydrogen-bond acceptors (Lipinski definition) is 2. The minimum Gasteiger partial charge on any atom is -0.496 e. The summed E-state index contributed by atoms with van der Waals surface area (Å²) in [5, 5.41) is 3.59. The molecule has 0 aromatic heterocycles. The highest BCUT2D eigenvalue weighted by Crippen LogP contribution is 2.51. The Morgan fingerprint density at radius 1 is 1.38 bits per heavy atom. The van der Waals surface area contributed by atoms with E-state index in [1.54, 1.807) is 7.11 Å². The Morgan fingerprint density at radius 2 is 2.05 bits per heavy atom. The van der Waals surface area contributed by atoms with E-state index in [0.29, 0.717) is 17.4 Å². The average molecular weight is 354 g/mol. The first-order valence-electron chi connectivity index (χ1n) is 7.84. The fourth-order valence-corrected chi connectivity index (χ4v) is 4.60. The molecule has 2 unspecified atom stereocenters. The van der Waals surface area contributed by atoms with Gasteiger partial charge >= 0.3 is 0 Å². The van der Waals surface area contributed by atoms with Crippen molar-refractivity contribution in [3.05, 3.63) is 27.2 Å². The second-order valence-corrected chi connectivity index (χ2v) is 7.86. The molecule has 1 fully saturated rings. The highest BCUT2D eigenvalue weighted by Gasteiger charge is 2.41. The van der Waals surface area contributed by atoms with Gasteiger partial charge in [0.1, 0.15) is 5.75 Å². The fourth-order valence-electron chi connectivity index (χ4n) is 4.04. The van der Waals surface area contributed by atoms with Crippen molar-refractivity contribution in [1.82, 2.24) is 5.32 Å². The molecule has 2 atom stereocenters. The van der Waals surface area contributed by atoms with E-state index in [2.05, 4.69) is 62.1 Å². The molecule has 1 saturated carbocycles. The molecular weight excluding hydrogens is 326 g/mol. The smallest absolute Gasteiger partial charge is 0.126 e. The van der Waals surface area contributed by atoms with Gasteiger partial charge in [0.05, 0.1) is 7.11 Å². The lowest BCUT2D eigenvalue weighted by Gasteiger charge is -2.36. The number of ether oxygens (including phenoxy) is 1. The molecule has 0 spiro atoms. The van der Waals surface area contributed by atoms with Gasteiger partial charge in [0, 0.05) is 16.1 Å². The molecule has 2 rings (SSSR count). The van der Waals surface area contributed by atoms with Crippen LogP contribution in [0.4, 0.5) is 0 Å². The number of benzene rings is 1. The Bertz CT molecular complexity index is 524. The summed E-state index contributed by atoms with van der Waals surface area (Å²) in [6.07, 6.45) is 3.92. The van der Waals surface area contributed by atoms with Gasteiger partial charge in [-0.1, -0.05) is 36.2 Å². The standard InChI is InChI=1S/C18H28BrNO/c1-11-10-14(19)12(2)15(17(11)21-6)16(20-5)13-8-7-9-18(13,3)4/h10,13,16,20H,7-9H2,1-6H3. The molecule has 1 aliphatic carbocycles. The van der Waals surface area contributed by atoms with E-state index in [4.69, 9.17) is 4.74 Å². The first kappa shape index (κ1) is 16.8. The molecule has 0 bridgehead atoms. The van der Waals surface area contributed by atoms with Gasteiger partial charge in [-0.25, -0.2) is 0 Å². The minimum absolute atomic E-state index is 0.341. The minimum atomic E-state index is 0.341. The Labute approximate surface area is 137 Å². The van der Waals surface area contributed by atoms with Crippen molar-refractivity contribution in [1.29, 1.82) is 0 Å². The van der Waals surface area contributed by atoms with Crippen LogP contribution in [0.3, 0.4) is 0 Å². The maximum atomic E-state index is 5.76. The lowest BCUT2D eigenvalue weighted by molar-refractivity contribution is 0.200. The predicted octanol–water partition coefficient (Wildman–Crippen LogP) is 5.16. The maximum absolute atomic E-state index is 5.76. The van der Waals surface area contributed by atoms with Crippen LogP contribution < -0.4 is 10.1 Å². The Morgan fingerprint density at radius 3 is 2.52 bits per heavy atom. The largest absolute Gasteiger partial charge is 0.496 e. The van der Waals surface area contributed by atoms with Crippen molar-refractivity contribution in [2.45, 2.75) is 53.0 Å². The van der Waals surface area contributed by atoms with Crippen LogP contribution in [0.2, 0.25) is 0 Å².